The van der Waals surface area contributed by atoms with E-state index >= 15 is 0 Å². The van der Waals surface area contributed by atoms with Gasteiger partial charge in [-0.2, -0.15) is 13.1 Å². The van der Waals surface area contributed by atoms with Gasteiger partial charge >= 0.3 is 0 Å². The van der Waals surface area contributed by atoms with E-state index in [4.69, 9.17) is 4.84 Å². The maximum absolute atomic E-state index is 12.4. The van der Waals surface area contributed by atoms with Gasteiger partial charge in [0.1, 0.15) is 6.61 Å². The van der Waals surface area contributed by atoms with E-state index in [1.807, 2.05) is 0 Å². The van der Waals surface area contributed by atoms with Crippen molar-refractivity contribution in [2.45, 2.75) is 50.3 Å². The van der Waals surface area contributed by atoms with Crippen molar-refractivity contribution in [2.75, 3.05) is 6.61 Å². The molecular weight excluding hydrogens is 336 g/mol. The molecule has 0 amide bonds. The molecule has 5 nitrogen and oxygen atoms in total. The number of benzene rings is 1. The maximum Gasteiger partial charge on any atom is 0.284 e. The van der Waals surface area contributed by atoms with Gasteiger partial charge in [-0.3, -0.25) is 0 Å². The van der Waals surface area contributed by atoms with E-state index in [-0.39, 0.29) is 10.4 Å². The monoisotopic (exact) mass is 362 g/mol. The fraction of sp³-hybridized carbons (Fsp3) is 0.421. The van der Waals surface area contributed by atoms with Gasteiger partial charge < -0.3 is 4.84 Å². The third kappa shape index (κ3) is 6.38. The highest BCUT2D eigenvalue weighted by Crippen LogP contribution is 2.10. The first kappa shape index (κ1) is 19.2. The van der Waals surface area contributed by atoms with Crippen LogP contribution in [0.15, 0.2) is 64.0 Å². The molecular formula is C19H26N2O3S. The van der Waals surface area contributed by atoms with Crippen LogP contribution in [-0.2, 0) is 10.0 Å². The molecule has 0 aliphatic carbocycles. The predicted octanol–water partition coefficient (Wildman–Crippen LogP) is 3.57. The van der Waals surface area contributed by atoms with Crippen LogP contribution in [0.3, 0.4) is 0 Å². The molecule has 1 aromatic heterocycles. The lowest BCUT2D eigenvalue weighted by Crippen LogP contribution is -2.28. The molecule has 0 saturated heterocycles. The normalized spacial score (nSPS) is 12.3. The van der Waals surface area contributed by atoms with Gasteiger partial charge in [0, 0.05) is 6.20 Å². The fourth-order valence-corrected chi connectivity index (χ4v) is 3.41. The third-order valence-electron chi connectivity index (χ3n) is 3.79. The molecule has 0 spiro atoms. The molecule has 0 saturated carbocycles. The lowest BCUT2D eigenvalue weighted by atomic mass is 10.1. The van der Waals surface area contributed by atoms with Crippen LogP contribution in [0.1, 0.15) is 45.4 Å². The second-order valence-corrected chi connectivity index (χ2v) is 7.47. The van der Waals surface area contributed by atoms with E-state index in [9.17, 15) is 8.42 Å². The van der Waals surface area contributed by atoms with E-state index < -0.39 is 10.0 Å². The lowest BCUT2D eigenvalue weighted by Gasteiger charge is -2.09. The zero-order valence-electron chi connectivity index (χ0n) is 14.7. The summed E-state index contributed by atoms with van der Waals surface area (Å²) in [5.74, 6) is 0. The average molecular weight is 362 g/mol. The van der Waals surface area contributed by atoms with Crippen molar-refractivity contribution < 1.29 is 13.3 Å². The van der Waals surface area contributed by atoms with Gasteiger partial charge in [0.05, 0.1) is 4.90 Å². The van der Waals surface area contributed by atoms with E-state index in [0.717, 1.165) is 12.8 Å². The third-order valence-corrected chi connectivity index (χ3v) is 5.08. The number of nitrogens with zero attached hydrogens (tertiary/aromatic N) is 2. The zero-order chi connectivity index (χ0) is 18.0. The topological polar surface area (TPSA) is 60.7 Å². The first-order valence-electron chi connectivity index (χ1n) is 8.80. The van der Waals surface area contributed by atoms with Crippen LogP contribution in [0, 0.1) is 0 Å². The lowest BCUT2D eigenvalue weighted by molar-refractivity contribution is 0.0968. The van der Waals surface area contributed by atoms with E-state index in [0.29, 0.717) is 6.61 Å². The number of aromatic nitrogens is 1. The molecule has 0 bridgehead atoms. The van der Waals surface area contributed by atoms with Gasteiger partial charge in [-0.15, -0.1) is 4.40 Å². The van der Waals surface area contributed by atoms with Crippen LogP contribution < -0.4 is 10.3 Å². The molecule has 2 aromatic rings. The van der Waals surface area contributed by atoms with Gasteiger partial charge in [-0.1, -0.05) is 56.9 Å². The summed E-state index contributed by atoms with van der Waals surface area (Å²) in [7, 11) is -3.76. The molecule has 1 heterocycles. The molecule has 0 atom stereocenters. The summed E-state index contributed by atoms with van der Waals surface area (Å²) in [6.45, 7) is 2.73. The summed E-state index contributed by atoms with van der Waals surface area (Å²) in [5, 5.41) is 0. The van der Waals surface area contributed by atoms with Crippen molar-refractivity contribution in [1.29, 1.82) is 0 Å². The molecule has 0 fully saturated rings. The summed E-state index contributed by atoms with van der Waals surface area (Å²) in [4.78, 5) is 5.85. The second kappa shape index (κ2) is 10.0. The molecule has 0 aliphatic heterocycles. The standard InChI is InChI=1S/C19H26N2O3S/c1-2-3-4-5-6-12-17-24-21-16-11-10-15-19(21)20-25(22,23)18-13-8-7-9-14-18/h7-11,13-16H,2-6,12,17H2,1H3/b20-19+. The average Bonchev–Trinajstić information content (AvgIpc) is 2.63. The smallest absolute Gasteiger partial charge is 0.284 e. The van der Waals surface area contributed by atoms with Gasteiger partial charge in [0.25, 0.3) is 10.0 Å². The molecule has 0 aliphatic rings. The molecule has 136 valence electrons. The quantitative estimate of drug-likeness (QED) is 0.607. The van der Waals surface area contributed by atoms with E-state index in [1.54, 1.807) is 42.6 Å². The number of sulfonamides is 1. The van der Waals surface area contributed by atoms with Crippen LogP contribution in [0.5, 0.6) is 0 Å². The van der Waals surface area contributed by atoms with Crippen LogP contribution in [-0.4, -0.2) is 19.8 Å². The highest BCUT2D eigenvalue weighted by atomic mass is 32.2. The zero-order valence-corrected chi connectivity index (χ0v) is 15.5. The molecule has 2 rings (SSSR count). The first-order valence-corrected chi connectivity index (χ1v) is 10.2. The molecule has 0 radical (unpaired) electrons. The number of hydrogen-bond donors (Lipinski definition) is 0. The fourth-order valence-electron chi connectivity index (χ4n) is 2.41. The van der Waals surface area contributed by atoms with Crippen molar-refractivity contribution in [1.82, 2.24) is 4.73 Å². The largest absolute Gasteiger partial charge is 0.412 e. The Morgan fingerprint density at radius 1 is 0.920 bits per heavy atom. The van der Waals surface area contributed by atoms with Crippen LogP contribution in [0.25, 0.3) is 0 Å². The predicted molar refractivity (Wildman–Crippen MR) is 98.4 cm³/mol. The molecule has 0 N–H and O–H groups in total. The van der Waals surface area contributed by atoms with Crippen molar-refractivity contribution in [3.8, 4) is 0 Å². The number of unbranched alkanes of at least 4 members (excludes halogenated alkanes) is 5. The Bertz CT molecular complexity index is 799. The molecule has 0 unspecified atom stereocenters. The van der Waals surface area contributed by atoms with Gasteiger partial charge in [-0.25, -0.2) is 0 Å². The summed E-state index contributed by atoms with van der Waals surface area (Å²) in [5.41, 5.74) is 0.261. The second-order valence-electron chi connectivity index (χ2n) is 5.87. The maximum atomic E-state index is 12.4. The van der Waals surface area contributed by atoms with Crippen molar-refractivity contribution >= 4 is 10.0 Å². The Hall–Kier alpha value is -2.08. The minimum Gasteiger partial charge on any atom is -0.412 e. The van der Waals surface area contributed by atoms with E-state index in [1.165, 1.54) is 42.5 Å². The van der Waals surface area contributed by atoms with Crippen molar-refractivity contribution in [3.05, 3.63) is 60.2 Å². The summed E-state index contributed by atoms with van der Waals surface area (Å²) in [6.07, 6.45) is 8.70. The van der Waals surface area contributed by atoms with Gasteiger partial charge in [-0.05, 0) is 37.1 Å². The van der Waals surface area contributed by atoms with Crippen LogP contribution in [0.2, 0.25) is 0 Å². The van der Waals surface area contributed by atoms with E-state index in [2.05, 4.69) is 11.3 Å². The number of rotatable bonds is 10. The summed E-state index contributed by atoms with van der Waals surface area (Å²) < 4.78 is 30.1. The summed E-state index contributed by atoms with van der Waals surface area (Å²) >= 11 is 0. The highest BCUT2D eigenvalue weighted by molar-refractivity contribution is 7.90. The highest BCUT2D eigenvalue weighted by Gasteiger charge is 2.11. The summed E-state index contributed by atoms with van der Waals surface area (Å²) in [6, 6.07) is 13.3. The van der Waals surface area contributed by atoms with Gasteiger partial charge in [0.15, 0.2) is 5.49 Å². The number of pyridine rings is 1. The van der Waals surface area contributed by atoms with Crippen molar-refractivity contribution in [2.24, 2.45) is 4.40 Å². The molecule has 25 heavy (non-hydrogen) atoms. The van der Waals surface area contributed by atoms with Crippen LogP contribution in [0.4, 0.5) is 0 Å². The Morgan fingerprint density at radius 3 is 2.36 bits per heavy atom. The van der Waals surface area contributed by atoms with Gasteiger partial charge in [0.2, 0.25) is 0 Å². The van der Waals surface area contributed by atoms with Crippen molar-refractivity contribution in [3.63, 3.8) is 0 Å². The number of hydrogen-bond acceptors (Lipinski definition) is 3. The minimum atomic E-state index is -3.76. The Morgan fingerprint density at radius 2 is 1.60 bits per heavy atom. The van der Waals surface area contributed by atoms with Crippen LogP contribution >= 0.6 is 0 Å². The SMILES string of the molecule is CCCCCCCCOn1cccc/c1=N\S(=O)(=O)c1ccccc1. The first-order chi connectivity index (χ1) is 12.1. The minimum absolute atomic E-state index is 0.168. The molecule has 1 aromatic carbocycles. The Balaban J connectivity index is 2.03. The Kier molecular flexibility index (Phi) is 7.73. The Labute approximate surface area is 150 Å². The molecule has 6 heteroatoms.